The van der Waals surface area contributed by atoms with Gasteiger partial charge in [0.05, 0.1) is 26.1 Å². The average Bonchev–Trinajstić information content (AvgIpc) is 3.66. The van der Waals surface area contributed by atoms with Gasteiger partial charge in [-0.05, 0) is 48.7 Å². The lowest BCUT2D eigenvalue weighted by Gasteiger charge is -2.35. The van der Waals surface area contributed by atoms with E-state index in [1.54, 1.807) is 63.5 Å². The first kappa shape index (κ1) is 39.4. The van der Waals surface area contributed by atoms with Gasteiger partial charge in [0.15, 0.2) is 17.7 Å². The maximum Gasteiger partial charge on any atom is 0.350 e. The number of terminal acetylenes is 1. The Morgan fingerprint density at radius 2 is 1.72 bits per heavy atom. The molecule has 4 aromatic rings. The van der Waals surface area contributed by atoms with Gasteiger partial charge in [0.25, 0.3) is 11.2 Å². The third-order valence-corrected chi connectivity index (χ3v) is 8.69. The summed E-state index contributed by atoms with van der Waals surface area (Å²) >= 11 is 6.10. The smallest absolute Gasteiger partial charge is 0.350 e. The molecule has 1 fully saturated rings. The van der Waals surface area contributed by atoms with Crippen LogP contribution in [0.25, 0.3) is 22.3 Å². The standard InChI is InChI=1S/C36H37ClN6O11/c1-7-35(54-21(5)45)25(53-31(27(35)52-20(4)44)43-19-39-26-28(38)40-34(37)41-29(26)43)18-51-36(32(47)49-8-2,33(48)50-9-3)17-22-12-14-23(15-13-22)24-11-10-16-42(6)30(24)46/h1,10-16,19,25,27,31H,8-9,17-18H2,2-6H3,(H2,38,40,41)/t25-,27+,31-,35-/m1/s1. The highest BCUT2D eigenvalue weighted by molar-refractivity contribution is 6.28. The van der Waals surface area contributed by atoms with Crippen LogP contribution in [0, 0.1) is 12.3 Å². The normalized spacial score (nSPS) is 19.5. The maximum atomic E-state index is 13.9. The van der Waals surface area contributed by atoms with E-state index in [-0.39, 0.29) is 41.0 Å². The number of imidazole rings is 1. The van der Waals surface area contributed by atoms with Gasteiger partial charge in [-0.15, -0.1) is 6.42 Å². The topological polar surface area (TPSA) is 215 Å². The first-order chi connectivity index (χ1) is 25.7. The zero-order valence-electron chi connectivity index (χ0n) is 29.9. The number of anilines is 1. The number of halogens is 1. The van der Waals surface area contributed by atoms with E-state index in [1.807, 2.05) is 0 Å². The monoisotopic (exact) mass is 764 g/mol. The fourth-order valence-corrected chi connectivity index (χ4v) is 6.29. The van der Waals surface area contributed by atoms with Gasteiger partial charge in [-0.25, -0.2) is 14.6 Å². The summed E-state index contributed by atoms with van der Waals surface area (Å²) < 4.78 is 37.4. The lowest BCUT2D eigenvalue weighted by molar-refractivity contribution is -0.200. The van der Waals surface area contributed by atoms with E-state index in [4.69, 9.17) is 52.2 Å². The van der Waals surface area contributed by atoms with Crippen LogP contribution < -0.4 is 11.3 Å². The molecule has 54 heavy (non-hydrogen) atoms. The highest BCUT2D eigenvalue weighted by Gasteiger charge is 2.63. The number of rotatable bonds is 13. The summed E-state index contributed by atoms with van der Waals surface area (Å²) in [5, 5.41) is -0.236. The van der Waals surface area contributed by atoms with Gasteiger partial charge in [0, 0.05) is 39.1 Å². The number of benzene rings is 1. The fourth-order valence-electron chi connectivity index (χ4n) is 6.11. The Kier molecular flexibility index (Phi) is 11.7. The molecule has 3 aromatic heterocycles. The molecule has 0 amide bonds. The summed E-state index contributed by atoms with van der Waals surface area (Å²) in [6, 6.07) is 9.94. The molecule has 1 saturated heterocycles. The SMILES string of the molecule is C#C[C@@]1(OC(C)=O)[C@@H](COC(Cc2ccc(-c3cccn(C)c3=O)cc2)(C(=O)OCC)C(=O)OCC)O[C@@H](n2cnc3c(N)nc(Cl)nc32)[C@@H]1OC(C)=O. The Labute approximate surface area is 313 Å². The van der Waals surface area contributed by atoms with Crippen molar-refractivity contribution in [2.75, 3.05) is 25.6 Å². The van der Waals surface area contributed by atoms with Crippen molar-refractivity contribution in [1.29, 1.82) is 0 Å². The largest absolute Gasteiger partial charge is 0.463 e. The Morgan fingerprint density at radius 1 is 1.06 bits per heavy atom. The van der Waals surface area contributed by atoms with Gasteiger partial charge >= 0.3 is 23.9 Å². The maximum absolute atomic E-state index is 13.9. The first-order valence-corrected chi connectivity index (χ1v) is 17.0. The minimum Gasteiger partial charge on any atom is -0.463 e. The molecule has 1 aromatic carbocycles. The van der Waals surface area contributed by atoms with Crippen LogP contribution in [0.2, 0.25) is 5.28 Å². The molecule has 2 N–H and O–H groups in total. The Morgan fingerprint density at radius 3 is 2.31 bits per heavy atom. The highest BCUT2D eigenvalue weighted by atomic mass is 35.5. The van der Waals surface area contributed by atoms with E-state index in [1.165, 1.54) is 15.5 Å². The van der Waals surface area contributed by atoms with Crippen LogP contribution in [0.15, 0.2) is 53.7 Å². The first-order valence-electron chi connectivity index (χ1n) is 16.6. The second-order valence-corrected chi connectivity index (χ2v) is 12.4. The molecule has 0 unspecified atom stereocenters. The van der Waals surface area contributed by atoms with E-state index in [0.717, 1.165) is 13.8 Å². The van der Waals surface area contributed by atoms with Crippen LogP contribution in [0.4, 0.5) is 5.82 Å². The molecule has 0 aliphatic carbocycles. The lowest BCUT2D eigenvalue weighted by atomic mass is 9.90. The Bertz CT molecular complexity index is 2160. The van der Waals surface area contributed by atoms with Crippen LogP contribution in [-0.2, 0) is 61.1 Å². The molecule has 17 nitrogen and oxygen atoms in total. The van der Waals surface area contributed by atoms with Gasteiger partial charge < -0.3 is 38.7 Å². The number of carbonyl (C=O) groups is 4. The number of nitrogen functional groups attached to an aromatic ring is 1. The molecular formula is C36H37ClN6O11. The molecule has 0 bridgehead atoms. The van der Waals surface area contributed by atoms with Crippen LogP contribution in [0.1, 0.15) is 39.5 Å². The second-order valence-electron chi connectivity index (χ2n) is 12.1. The van der Waals surface area contributed by atoms with Gasteiger partial charge in [-0.2, -0.15) is 9.97 Å². The van der Waals surface area contributed by atoms with E-state index >= 15 is 0 Å². The van der Waals surface area contributed by atoms with E-state index < -0.39 is 66.5 Å². The number of hydrogen-bond acceptors (Lipinski definition) is 15. The third kappa shape index (κ3) is 7.49. The fraction of sp³-hybridized carbons (Fsp3) is 0.389. The number of nitrogens with zero attached hydrogens (tertiary/aromatic N) is 5. The van der Waals surface area contributed by atoms with E-state index in [0.29, 0.717) is 16.7 Å². The van der Waals surface area contributed by atoms with Crippen LogP contribution in [0.3, 0.4) is 0 Å². The number of aromatic nitrogens is 5. The minimum atomic E-state index is -2.47. The lowest BCUT2D eigenvalue weighted by Crippen LogP contribution is -2.57. The predicted octanol–water partition coefficient (Wildman–Crippen LogP) is 2.32. The van der Waals surface area contributed by atoms with Crippen molar-refractivity contribution in [3.05, 3.63) is 70.1 Å². The van der Waals surface area contributed by atoms with Crippen LogP contribution in [-0.4, -0.2) is 91.2 Å². The number of esters is 4. The quantitative estimate of drug-likeness (QED) is 0.0680. The molecule has 284 valence electrons. The van der Waals surface area contributed by atoms with Crippen molar-refractivity contribution in [1.82, 2.24) is 24.1 Å². The van der Waals surface area contributed by atoms with E-state index in [2.05, 4.69) is 20.9 Å². The van der Waals surface area contributed by atoms with Crippen molar-refractivity contribution in [3.63, 3.8) is 0 Å². The molecule has 1 aliphatic rings. The molecule has 1 aliphatic heterocycles. The summed E-state index contributed by atoms with van der Waals surface area (Å²) in [7, 11) is 1.63. The zero-order chi connectivity index (χ0) is 39.4. The number of hydrogen-bond donors (Lipinski definition) is 1. The van der Waals surface area contributed by atoms with Crippen LogP contribution in [0.5, 0.6) is 0 Å². The number of nitrogens with two attached hydrogens (primary N) is 1. The summed E-state index contributed by atoms with van der Waals surface area (Å²) in [5.74, 6) is -1.59. The summed E-state index contributed by atoms with van der Waals surface area (Å²) in [6.07, 6.45) is 3.99. The zero-order valence-corrected chi connectivity index (χ0v) is 30.7. The summed E-state index contributed by atoms with van der Waals surface area (Å²) in [6.45, 7) is 4.25. The Hall–Kier alpha value is -5.83. The summed E-state index contributed by atoms with van der Waals surface area (Å²) in [5.41, 5.74) is 2.69. The molecule has 5 rings (SSSR count). The molecule has 4 heterocycles. The number of fused-ring (bicyclic) bond motifs is 1. The predicted molar refractivity (Wildman–Crippen MR) is 190 cm³/mol. The number of aryl methyl sites for hydroxylation is 1. The molecule has 0 spiro atoms. The molecule has 0 saturated carbocycles. The van der Waals surface area contributed by atoms with Crippen molar-refractivity contribution in [2.45, 2.75) is 63.8 Å². The van der Waals surface area contributed by atoms with Crippen LogP contribution >= 0.6 is 11.6 Å². The highest BCUT2D eigenvalue weighted by Crippen LogP contribution is 2.44. The van der Waals surface area contributed by atoms with Crippen molar-refractivity contribution < 1.29 is 47.6 Å². The minimum absolute atomic E-state index is 0.0502. The molecular weight excluding hydrogens is 728 g/mol. The second kappa shape index (κ2) is 16.0. The average molecular weight is 765 g/mol. The molecule has 4 atom stereocenters. The van der Waals surface area contributed by atoms with Gasteiger partial charge in [0.1, 0.15) is 11.6 Å². The van der Waals surface area contributed by atoms with Crippen molar-refractivity contribution in [3.8, 4) is 23.5 Å². The van der Waals surface area contributed by atoms with Crippen molar-refractivity contribution >= 4 is 52.5 Å². The van der Waals surface area contributed by atoms with Crippen molar-refractivity contribution in [2.24, 2.45) is 7.05 Å². The molecule has 18 heteroatoms. The number of carbonyl (C=O) groups excluding carboxylic acids is 4. The number of pyridine rings is 1. The third-order valence-electron chi connectivity index (χ3n) is 8.52. The van der Waals surface area contributed by atoms with Gasteiger partial charge in [0.2, 0.25) is 17.0 Å². The number of ether oxygens (including phenoxy) is 6. The Balaban J connectivity index is 1.59. The van der Waals surface area contributed by atoms with Gasteiger partial charge in [-0.3, -0.25) is 19.0 Å². The van der Waals surface area contributed by atoms with Gasteiger partial charge in [-0.1, -0.05) is 30.2 Å². The molecule has 0 radical (unpaired) electrons. The van der Waals surface area contributed by atoms with E-state index in [9.17, 15) is 24.0 Å². The summed E-state index contributed by atoms with van der Waals surface area (Å²) in [4.78, 5) is 78.0.